The molecule has 2 aromatic rings. The highest BCUT2D eigenvalue weighted by Gasteiger charge is 2.38. The van der Waals surface area contributed by atoms with Crippen LogP contribution in [-0.4, -0.2) is 12.4 Å². The van der Waals surface area contributed by atoms with Gasteiger partial charge in [-0.15, -0.1) is 0 Å². The van der Waals surface area contributed by atoms with Crippen molar-refractivity contribution in [1.82, 2.24) is 0 Å². The van der Waals surface area contributed by atoms with Crippen LogP contribution < -0.4 is 14.0 Å². The highest BCUT2D eigenvalue weighted by molar-refractivity contribution is 6.41. The molecule has 0 unspecified atom stereocenters. The molecule has 0 aliphatic carbocycles. The summed E-state index contributed by atoms with van der Waals surface area (Å²) in [5.74, 6) is 1.67. The zero-order valence-electron chi connectivity index (χ0n) is 9.79. The van der Waals surface area contributed by atoms with E-state index in [1.54, 1.807) is 30.3 Å². The van der Waals surface area contributed by atoms with Crippen LogP contribution in [0.15, 0.2) is 42.5 Å². The van der Waals surface area contributed by atoms with Crippen molar-refractivity contribution in [3.8, 4) is 23.0 Å². The minimum Gasteiger partial charge on any atom is -0.504 e. The number of hydrogen-bond donors (Lipinski definition) is 1. The fraction of sp³-hybridized carbons (Fsp3) is 0.0769. The molecule has 1 N–H and O–H groups in total. The van der Waals surface area contributed by atoms with Gasteiger partial charge < -0.3 is 19.1 Å². The van der Waals surface area contributed by atoms with Gasteiger partial charge in [-0.25, -0.2) is 0 Å². The summed E-state index contributed by atoms with van der Waals surface area (Å²) in [6.45, 7) is 1.91. The fourth-order valence-corrected chi connectivity index (χ4v) is 1.74. The Morgan fingerprint density at radius 3 is 2.39 bits per heavy atom. The zero-order chi connectivity index (χ0) is 12.5. The van der Waals surface area contributed by atoms with Gasteiger partial charge in [0.25, 0.3) is 0 Å². The minimum atomic E-state index is -0.866. The summed E-state index contributed by atoms with van der Waals surface area (Å²) >= 11 is 0. The van der Waals surface area contributed by atoms with Crippen LogP contribution in [0, 0.1) is 6.92 Å². The van der Waals surface area contributed by atoms with Crippen molar-refractivity contribution < 1.29 is 19.1 Å². The SMILES string of the molecule is Cc1ccc(O)c(OB2Oc3ccccc3O2)c1. The predicted octanol–water partition coefficient (Wildman–Crippen LogP) is 2.54. The van der Waals surface area contributed by atoms with E-state index in [0.717, 1.165) is 5.56 Å². The molecule has 0 spiro atoms. The molecule has 1 aliphatic heterocycles. The van der Waals surface area contributed by atoms with Crippen LogP contribution in [0.4, 0.5) is 0 Å². The van der Waals surface area contributed by atoms with Crippen molar-refractivity contribution >= 4 is 7.32 Å². The molecular weight excluding hydrogens is 231 g/mol. The monoisotopic (exact) mass is 242 g/mol. The lowest BCUT2D eigenvalue weighted by molar-refractivity contribution is 0.337. The number of aryl methyl sites for hydroxylation is 1. The average Bonchev–Trinajstić information content (AvgIpc) is 2.76. The maximum Gasteiger partial charge on any atom is 0.864 e. The second kappa shape index (κ2) is 4.18. The first kappa shape index (κ1) is 10.8. The molecule has 0 bridgehead atoms. The minimum absolute atomic E-state index is 0.0590. The average molecular weight is 242 g/mol. The van der Waals surface area contributed by atoms with Crippen molar-refractivity contribution in [3.05, 3.63) is 48.0 Å². The second-order valence-electron chi connectivity index (χ2n) is 4.06. The number of rotatable bonds is 2. The second-order valence-corrected chi connectivity index (χ2v) is 4.06. The normalized spacial score (nSPS) is 12.6. The smallest absolute Gasteiger partial charge is 0.504 e. The van der Waals surface area contributed by atoms with Gasteiger partial charge in [-0.3, -0.25) is 0 Å². The molecule has 0 radical (unpaired) electrons. The van der Waals surface area contributed by atoms with E-state index < -0.39 is 7.32 Å². The molecule has 5 heteroatoms. The van der Waals surface area contributed by atoms with Gasteiger partial charge in [-0.2, -0.15) is 0 Å². The summed E-state index contributed by atoms with van der Waals surface area (Å²) < 4.78 is 16.4. The Balaban J connectivity index is 1.78. The molecule has 90 valence electrons. The number of para-hydroxylation sites is 2. The van der Waals surface area contributed by atoms with E-state index in [4.69, 9.17) is 14.0 Å². The lowest BCUT2D eigenvalue weighted by Crippen LogP contribution is -2.32. The van der Waals surface area contributed by atoms with E-state index in [9.17, 15) is 5.11 Å². The molecule has 0 amide bonds. The first-order chi connectivity index (χ1) is 8.72. The van der Waals surface area contributed by atoms with Crippen molar-refractivity contribution in [2.24, 2.45) is 0 Å². The summed E-state index contributed by atoms with van der Waals surface area (Å²) in [5.41, 5.74) is 0.985. The lowest BCUT2D eigenvalue weighted by atomic mass is 10.2. The van der Waals surface area contributed by atoms with E-state index in [1.807, 2.05) is 19.1 Å². The van der Waals surface area contributed by atoms with Crippen molar-refractivity contribution in [3.63, 3.8) is 0 Å². The van der Waals surface area contributed by atoms with Crippen molar-refractivity contribution in [2.45, 2.75) is 6.92 Å². The number of fused-ring (bicyclic) bond motifs is 1. The molecule has 1 aliphatic rings. The van der Waals surface area contributed by atoms with Gasteiger partial charge in [-0.05, 0) is 36.8 Å². The third-order valence-electron chi connectivity index (χ3n) is 2.63. The topological polar surface area (TPSA) is 47.9 Å². The molecular formula is C13H11BO4. The third-order valence-corrected chi connectivity index (χ3v) is 2.63. The molecule has 0 aromatic heterocycles. The number of aromatic hydroxyl groups is 1. The molecule has 0 saturated heterocycles. The molecule has 2 aromatic carbocycles. The van der Waals surface area contributed by atoms with Gasteiger partial charge in [-0.1, -0.05) is 18.2 Å². The molecule has 3 rings (SSSR count). The largest absolute Gasteiger partial charge is 0.864 e. The van der Waals surface area contributed by atoms with Crippen molar-refractivity contribution in [2.75, 3.05) is 0 Å². The summed E-state index contributed by atoms with van der Waals surface area (Å²) in [6.07, 6.45) is 0. The van der Waals surface area contributed by atoms with Crippen LogP contribution in [0.3, 0.4) is 0 Å². The van der Waals surface area contributed by atoms with Crippen LogP contribution >= 0.6 is 0 Å². The van der Waals surface area contributed by atoms with E-state index in [2.05, 4.69) is 0 Å². The maximum absolute atomic E-state index is 9.68. The Hall–Kier alpha value is -2.30. The number of benzene rings is 2. The summed E-state index contributed by atoms with van der Waals surface area (Å²) in [4.78, 5) is 0. The van der Waals surface area contributed by atoms with E-state index in [-0.39, 0.29) is 5.75 Å². The van der Waals surface area contributed by atoms with Crippen LogP contribution in [0.5, 0.6) is 23.0 Å². The molecule has 18 heavy (non-hydrogen) atoms. The van der Waals surface area contributed by atoms with Gasteiger partial charge in [0.05, 0.1) is 0 Å². The molecule has 4 nitrogen and oxygen atoms in total. The highest BCUT2D eigenvalue weighted by atomic mass is 16.8. The first-order valence-corrected chi connectivity index (χ1v) is 5.61. The Morgan fingerprint density at radius 1 is 1.06 bits per heavy atom. The van der Waals surface area contributed by atoms with Gasteiger partial charge >= 0.3 is 7.32 Å². The summed E-state index contributed by atoms with van der Waals surface area (Å²) in [7, 11) is -0.866. The Kier molecular flexibility index (Phi) is 2.52. The molecule has 0 fully saturated rings. The summed E-state index contributed by atoms with van der Waals surface area (Å²) in [6, 6.07) is 12.4. The zero-order valence-corrected chi connectivity index (χ0v) is 9.79. The van der Waals surface area contributed by atoms with Crippen LogP contribution in [-0.2, 0) is 0 Å². The fourth-order valence-electron chi connectivity index (χ4n) is 1.74. The quantitative estimate of drug-likeness (QED) is 0.822. The Morgan fingerprint density at radius 2 is 1.72 bits per heavy atom. The highest BCUT2D eigenvalue weighted by Crippen LogP contribution is 2.34. The van der Waals surface area contributed by atoms with Gasteiger partial charge in [0.1, 0.15) is 17.2 Å². The molecule has 0 saturated carbocycles. The van der Waals surface area contributed by atoms with Gasteiger partial charge in [0, 0.05) is 0 Å². The molecule has 0 atom stereocenters. The van der Waals surface area contributed by atoms with Crippen molar-refractivity contribution in [1.29, 1.82) is 0 Å². The van der Waals surface area contributed by atoms with E-state index in [0.29, 0.717) is 17.2 Å². The first-order valence-electron chi connectivity index (χ1n) is 5.61. The third kappa shape index (κ3) is 1.95. The van der Waals surface area contributed by atoms with E-state index in [1.165, 1.54) is 0 Å². The summed E-state index contributed by atoms with van der Waals surface area (Å²) in [5, 5.41) is 9.68. The standard InChI is InChI=1S/C13H11BO4/c1-9-6-7-10(15)13(8-9)18-14-16-11-4-2-3-5-12(11)17-14/h2-8,15H,1H3. The Labute approximate surface area is 105 Å². The van der Waals surface area contributed by atoms with Crippen LogP contribution in [0.1, 0.15) is 5.56 Å². The van der Waals surface area contributed by atoms with E-state index >= 15 is 0 Å². The predicted molar refractivity (Wildman–Crippen MR) is 66.9 cm³/mol. The van der Waals surface area contributed by atoms with Crippen LogP contribution in [0.2, 0.25) is 0 Å². The number of hydrogen-bond acceptors (Lipinski definition) is 4. The number of phenols is 1. The molecule has 1 heterocycles. The van der Waals surface area contributed by atoms with Gasteiger partial charge in [0.2, 0.25) is 0 Å². The number of phenolic OH excluding ortho intramolecular Hbond substituents is 1. The lowest BCUT2D eigenvalue weighted by Gasteiger charge is -2.09. The van der Waals surface area contributed by atoms with Crippen LogP contribution in [0.25, 0.3) is 0 Å². The maximum atomic E-state index is 9.68. The van der Waals surface area contributed by atoms with Gasteiger partial charge in [0.15, 0.2) is 5.75 Å². The Bertz CT molecular complexity index is 560.